The van der Waals surface area contributed by atoms with E-state index in [1.165, 1.54) is 24.8 Å². The molecule has 1 fully saturated rings. The average Bonchev–Trinajstić information content (AvgIpc) is 2.65. The number of ketones is 1. The molecule has 2 rings (SSSR count). The minimum absolute atomic E-state index is 0.279. The standard InChI is InChI=1S/C17H22N2O/c1-14(20)11-17-5-3-2-4-10-19(17)13-16-8-6-15(12-18)7-9-16/h6-9,17H,2-5,10-11,13H2,1H3. The van der Waals surface area contributed by atoms with E-state index in [4.69, 9.17) is 5.26 Å². The third-order valence-electron chi connectivity index (χ3n) is 3.99. The number of rotatable bonds is 4. The molecule has 0 aromatic heterocycles. The van der Waals surface area contributed by atoms with E-state index < -0.39 is 0 Å². The molecule has 1 aromatic rings. The average molecular weight is 270 g/mol. The van der Waals surface area contributed by atoms with Crippen LogP contribution in [0.2, 0.25) is 0 Å². The molecule has 20 heavy (non-hydrogen) atoms. The number of hydrogen-bond donors (Lipinski definition) is 0. The summed E-state index contributed by atoms with van der Waals surface area (Å²) >= 11 is 0. The number of nitriles is 1. The van der Waals surface area contributed by atoms with Crippen LogP contribution in [0, 0.1) is 11.3 Å². The van der Waals surface area contributed by atoms with E-state index in [1.807, 2.05) is 24.3 Å². The van der Waals surface area contributed by atoms with Gasteiger partial charge in [0.15, 0.2) is 0 Å². The molecule has 0 radical (unpaired) electrons. The van der Waals surface area contributed by atoms with Crippen molar-refractivity contribution in [1.82, 2.24) is 4.90 Å². The van der Waals surface area contributed by atoms with E-state index in [9.17, 15) is 4.79 Å². The van der Waals surface area contributed by atoms with Gasteiger partial charge in [0.05, 0.1) is 11.6 Å². The van der Waals surface area contributed by atoms with E-state index in [-0.39, 0.29) is 5.78 Å². The molecule has 0 saturated carbocycles. The van der Waals surface area contributed by atoms with Crippen molar-refractivity contribution in [2.45, 2.75) is 51.6 Å². The Hall–Kier alpha value is -1.66. The summed E-state index contributed by atoms with van der Waals surface area (Å²) in [6, 6.07) is 10.3. The van der Waals surface area contributed by atoms with Gasteiger partial charge in [-0.05, 0) is 44.0 Å². The lowest BCUT2D eigenvalue weighted by Crippen LogP contribution is -2.35. The first-order chi connectivity index (χ1) is 9.69. The second-order valence-electron chi connectivity index (χ2n) is 5.69. The van der Waals surface area contributed by atoms with Crippen LogP contribution in [0.4, 0.5) is 0 Å². The minimum atomic E-state index is 0.279. The summed E-state index contributed by atoms with van der Waals surface area (Å²) in [5.41, 5.74) is 1.92. The first-order valence-corrected chi connectivity index (χ1v) is 7.41. The fraction of sp³-hybridized carbons (Fsp3) is 0.529. The van der Waals surface area contributed by atoms with Crippen molar-refractivity contribution in [2.24, 2.45) is 0 Å². The Morgan fingerprint density at radius 2 is 2.05 bits per heavy atom. The third kappa shape index (κ3) is 4.18. The third-order valence-corrected chi connectivity index (χ3v) is 3.99. The van der Waals surface area contributed by atoms with E-state index in [0.717, 1.165) is 19.5 Å². The predicted octanol–water partition coefficient (Wildman–Crippen LogP) is 3.28. The van der Waals surface area contributed by atoms with Gasteiger partial charge < -0.3 is 0 Å². The maximum Gasteiger partial charge on any atom is 0.131 e. The Balaban J connectivity index is 2.06. The van der Waals surface area contributed by atoms with Gasteiger partial charge in [-0.15, -0.1) is 0 Å². The van der Waals surface area contributed by atoms with Gasteiger partial charge in [0, 0.05) is 19.0 Å². The highest BCUT2D eigenvalue weighted by atomic mass is 16.1. The van der Waals surface area contributed by atoms with Crippen LogP contribution in [-0.4, -0.2) is 23.3 Å². The zero-order chi connectivity index (χ0) is 14.4. The van der Waals surface area contributed by atoms with Crippen molar-refractivity contribution < 1.29 is 4.79 Å². The second-order valence-corrected chi connectivity index (χ2v) is 5.69. The maximum atomic E-state index is 11.4. The van der Waals surface area contributed by atoms with Crippen molar-refractivity contribution in [3.05, 3.63) is 35.4 Å². The van der Waals surface area contributed by atoms with Crippen LogP contribution in [0.1, 0.15) is 50.2 Å². The second kappa shape index (κ2) is 7.21. The number of likely N-dealkylation sites (tertiary alicyclic amines) is 1. The molecular weight excluding hydrogens is 248 g/mol. The molecule has 106 valence electrons. The van der Waals surface area contributed by atoms with Crippen LogP contribution in [-0.2, 0) is 11.3 Å². The summed E-state index contributed by atoms with van der Waals surface area (Å²) in [5.74, 6) is 0.279. The normalized spacial score (nSPS) is 20.1. The summed E-state index contributed by atoms with van der Waals surface area (Å²) in [6.07, 6.45) is 5.48. The van der Waals surface area contributed by atoms with Gasteiger partial charge >= 0.3 is 0 Å². The molecule has 1 aliphatic heterocycles. The number of carbonyl (C=O) groups excluding carboxylic acids is 1. The van der Waals surface area contributed by atoms with Crippen LogP contribution in [0.15, 0.2) is 24.3 Å². The summed E-state index contributed by atoms with van der Waals surface area (Å²) in [7, 11) is 0. The minimum Gasteiger partial charge on any atom is -0.300 e. The van der Waals surface area contributed by atoms with E-state index in [2.05, 4.69) is 11.0 Å². The fourth-order valence-electron chi connectivity index (χ4n) is 2.93. The number of benzene rings is 1. The zero-order valence-electron chi connectivity index (χ0n) is 12.1. The smallest absolute Gasteiger partial charge is 0.131 e. The van der Waals surface area contributed by atoms with Crippen LogP contribution in [0.5, 0.6) is 0 Å². The van der Waals surface area contributed by atoms with Gasteiger partial charge in [0.25, 0.3) is 0 Å². The van der Waals surface area contributed by atoms with Crippen LogP contribution < -0.4 is 0 Å². The molecule has 0 spiro atoms. The van der Waals surface area contributed by atoms with Crippen molar-refractivity contribution in [3.63, 3.8) is 0 Å². The molecule has 0 aliphatic carbocycles. The lowest BCUT2D eigenvalue weighted by atomic mass is 10.0. The first kappa shape index (κ1) is 14.7. The molecule has 1 heterocycles. The number of carbonyl (C=O) groups is 1. The number of Topliss-reactive ketones (excluding diaryl/α,β-unsaturated/α-hetero) is 1. The number of hydrogen-bond acceptors (Lipinski definition) is 3. The molecular formula is C17H22N2O. The maximum absolute atomic E-state index is 11.4. The Labute approximate surface area is 121 Å². The number of nitrogens with zero attached hydrogens (tertiary/aromatic N) is 2. The van der Waals surface area contributed by atoms with Crippen molar-refractivity contribution in [2.75, 3.05) is 6.54 Å². The highest BCUT2D eigenvalue weighted by Gasteiger charge is 2.22. The van der Waals surface area contributed by atoms with Crippen molar-refractivity contribution in [1.29, 1.82) is 5.26 Å². The van der Waals surface area contributed by atoms with Gasteiger partial charge in [0.2, 0.25) is 0 Å². The first-order valence-electron chi connectivity index (χ1n) is 7.41. The summed E-state index contributed by atoms with van der Waals surface area (Å²) in [4.78, 5) is 13.9. The quantitative estimate of drug-likeness (QED) is 0.843. The van der Waals surface area contributed by atoms with Crippen molar-refractivity contribution >= 4 is 5.78 Å². The monoisotopic (exact) mass is 270 g/mol. The highest BCUT2D eigenvalue weighted by molar-refractivity contribution is 5.76. The van der Waals surface area contributed by atoms with Crippen LogP contribution in [0.3, 0.4) is 0 Å². The molecule has 3 nitrogen and oxygen atoms in total. The van der Waals surface area contributed by atoms with E-state index >= 15 is 0 Å². The molecule has 1 aromatic carbocycles. The molecule has 1 atom stereocenters. The summed E-state index contributed by atoms with van der Waals surface area (Å²) in [6.45, 7) is 3.63. The van der Waals surface area contributed by atoms with Gasteiger partial charge in [-0.25, -0.2) is 0 Å². The van der Waals surface area contributed by atoms with Gasteiger partial charge in [-0.3, -0.25) is 9.69 Å². The summed E-state index contributed by atoms with van der Waals surface area (Å²) < 4.78 is 0. The van der Waals surface area contributed by atoms with Gasteiger partial charge in [-0.2, -0.15) is 5.26 Å². The molecule has 3 heteroatoms. The zero-order valence-corrected chi connectivity index (χ0v) is 12.1. The molecule has 1 aliphatic rings. The van der Waals surface area contributed by atoms with Crippen molar-refractivity contribution in [3.8, 4) is 6.07 Å². The SMILES string of the molecule is CC(=O)CC1CCCCCN1Cc1ccc(C#N)cc1. The lowest BCUT2D eigenvalue weighted by molar-refractivity contribution is -0.118. The van der Waals surface area contributed by atoms with Gasteiger partial charge in [-0.1, -0.05) is 25.0 Å². The molecule has 1 unspecified atom stereocenters. The van der Waals surface area contributed by atoms with Gasteiger partial charge in [0.1, 0.15) is 5.78 Å². The highest BCUT2D eigenvalue weighted by Crippen LogP contribution is 2.22. The fourth-order valence-corrected chi connectivity index (χ4v) is 2.93. The molecule has 0 bridgehead atoms. The van der Waals surface area contributed by atoms with Crippen LogP contribution >= 0.6 is 0 Å². The molecule has 0 amide bonds. The Morgan fingerprint density at radius 3 is 2.70 bits per heavy atom. The van der Waals surface area contributed by atoms with Crippen LogP contribution in [0.25, 0.3) is 0 Å². The Kier molecular flexibility index (Phi) is 5.31. The molecule has 0 N–H and O–H groups in total. The summed E-state index contributed by atoms with van der Waals surface area (Å²) in [5, 5.41) is 8.83. The Bertz CT molecular complexity index is 487. The predicted molar refractivity (Wildman–Crippen MR) is 79.1 cm³/mol. The largest absolute Gasteiger partial charge is 0.300 e. The lowest BCUT2D eigenvalue weighted by Gasteiger charge is -2.29. The van der Waals surface area contributed by atoms with E-state index in [0.29, 0.717) is 18.0 Å². The molecule has 1 saturated heterocycles. The Morgan fingerprint density at radius 1 is 1.30 bits per heavy atom. The topological polar surface area (TPSA) is 44.1 Å². The van der Waals surface area contributed by atoms with E-state index in [1.54, 1.807) is 6.92 Å².